The first-order valence-electron chi connectivity index (χ1n) is 13.0. The van der Waals surface area contributed by atoms with Crippen LogP contribution in [0, 0.1) is 0 Å². The van der Waals surface area contributed by atoms with Crippen molar-refractivity contribution in [2.75, 3.05) is 78.7 Å². The number of hydrogen-bond donors (Lipinski definition) is 2. The summed E-state index contributed by atoms with van der Waals surface area (Å²) in [6.45, 7) is 13.3. The van der Waals surface area contributed by atoms with Gasteiger partial charge >= 0.3 is 0 Å². The van der Waals surface area contributed by atoms with Crippen molar-refractivity contribution in [1.82, 2.24) is 19.6 Å². The molecule has 5 rings (SSSR count). The fourth-order valence-corrected chi connectivity index (χ4v) is 6.64. The highest BCUT2D eigenvalue weighted by atomic mass is 35.5. The van der Waals surface area contributed by atoms with Gasteiger partial charge in [-0.25, -0.2) is 0 Å². The van der Waals surface area contributed by atoms with Crippen LogP contribution in [0.15, 0.2) is 0 Å². The first-order chi connectivity index (χ1) is 15.8. The molecule has 0 aromatic heterocycles. The summed E-state index contributed by atoms with van der Waals surface area (Å²) >= 11 is 0. The molecule has 1 aromatic carbocycles. The third-order valence-electron chi connectivity index (χ3n) is 8.42. The molecule has 194 valence electrons. The van der Waals surface area contributed by atoms with Crippen LogP contribution in [0.2, 0.25) is 0 Å². The van der Waals surface area contributed by atoms with Crippen LogP contribution >= 0.6 is 12.4 Å². The van der Waals surface area contributed by atoms with E-state index >= 15 is 0 Å². The third-order valence-corrected chi connectivity index (χ3v) is 8.42. The number of fused-ring (bicyclic) bond motifs is 2. The van der Waals surface area contributed by atoms with E-state index < -0.39 is 0 Å². The second-order valence-corrected chi connectivity index (χ2v) is 10.3. The molecule has 2 saturated heterocycles. The Kier molecular flexibility index (Phi) is 10.6. The fourth-order valence-electron chi connectivity index (χ4n) is 6.64. The van der Waals surface area contributed by atoms with Gasteiger partial charge in [0.2, 0.25) is 0 Å². The summed E-state index contributed by atoms with van der Waals surface area (Å²) in [5.41, 5.74) is 10.3. The van der Waals surface area contributed by atoms with E-state index in [2.05, 4.69) is 19.6 Å². The quantitative estimate of drug-likeness (QED) is 0.544. The second kappa shape index (κ2) is 13.0. The first kappa shape index (κ1) is 27.8. The Bertz CT molecular complexity index is 695. The molecule has 0 unspecified atom stereocenters. The molecule has 7 nitrogen and oxygen atoms in total. The van der Waals surface area contributed by atoms with Gasteiger partial charge in [0.15, 0.2) is 0 Å². The minimum atomic E-state index is 0. The van der Waals surface area contributed by atoms with Gasteiger partial charge in [-0.15, -0.1) is 12.4 Å². The van der Waals surface area contributed by atoms with Crippen molar-refractivity contribution in [3.05, 3.63) is 33.4 Å². The van der Waals surface area contributed by atoms with E-state index in [-0.39, 0.29) is 31.1 Å². The predicted octanol–water partition coefficient (Wildman–Crippen LogP) is 0.481. The minimum absolute atomic E-state index is 0. The molecule has 0 spiro atoms. The Morgan fingerprint density at radius 3 is 1.09 bits per heavy atom. The first-order valence-corrected chi connectivity index (χ1v) is 13.0. The lowest BCUT2D eigenvalue weighted by Crippen LogP contribution is -2.47. The van der Waals surface area contributed by atoms with Gasteiger partial charge in [-0.3, -0.25) is 19.6 Å². The van der Waals surface area contributed by atoms with E-state index in [9.17, 15) is 10.2 Å². The molecular weight excluding hydrogens is 452 g/mol. The Labute approximate surface area is 211 Å². The van der Waals surface area contributed by atoms with Crippen LogP contribution < -0.4 is 0 Å². The summed E-state index contributed by atoms with van der Waals surface area (Å²) in [7, 11) is 0. The van der Waals surface area contributed by atoms with Crippen molar-refractivity contribution in [3.8, 4) is 0 Å². The smallest absolute Gasteiger partial charge is 0.0558 e. The van der Waals surface area contributed by atoms with Gasteiger partial charge < -0.3 is 15.7 Å². The number of aliphatic hydroxyl groups excluding tert-OH is 2. The topological polar surface area (TPSA) is 84.9 Å². The van der Waals surface area contributed by atoms with E-state index in [4.69, 9.17) is 0 Å². The number of aliphatic hydroxyl groups is 2. The molecular formula is C26H45ClN4O3. The number of hydrogen-bond acceptors (Lipinski definition) is 6. The van der Waals surface area contributed by atoms with Gasteiger partial charge in [-0.2, -0.15) is 0 Å². The normalized spacial score (nSPS) is 21.7. The lowest BCUT2D eigenvalue weighted by atomic mass is 9.88. The minimum Gasteiger partial charge on any atom is -0.412 e. The average Bonchev–Trinajstić information content (AvgIpc) is 3.49. The molecule has 2 heterocycles. The van der Waals surface area contributed by atoms with Gasteiger partial charge in [0, 0.05) is 78.5 Å². The van der Waals surface area contributed by atoms with E-state index in [0.29, 0.717) is 0 Å². The largest absolute Gasteiger partial charge is 0.412 e. The Morgan fingerprint density at radius 1 is 0.500 bits per heavy atom. The molecule has 2 aliphatic carbocycles. The monoisotopic (exact) mass is 496 g/mol. The zero-order valence-electron chi connectivity index (χ0n) is 20.7. The summed E-state index contributed by atoms with van der Waals surface area (Å²) in [6, 6.07) is 0. The zero-order valence-corrected chi connectivity index (χ0v) is 21.6. The maximum atomic E-state index is 9.24. The predicted molar refractivity (Wildman–Crippen MR) is 139 cm³/mol. The van der Waals surface area contributed by atoms with E-state index in [1.807, 2.05) is 0 Å². The van der Waals surface area contributed by atoms with Crippen LogP contribution in [0.1, 0.15) is 46.2 Å². The highest BCUT2D eigenvalue weighted by Crippen LogP contribution is 2.40. The highest BCUT2D eigenvalue weighted by molar-refractivity contribution is 5.85. The van der Waals surface area contributed by atoms with Crippen molar-refractivity contribution < 1.29 is 15.7 Å². The molecule has 0 bridgehead atoms. The maximum Gasteiger partial charge on any atom is 0.0558 e. The van der Waals surface area contributed by atoms with Crippen molar-refractivity contribution in [1.29, 1.82) is 0 Å². The SMILES string of the molecule is Cl.O.OCCN1CCN(Cc2c3c(c(CN4CCN(CCO)CC4)c4c2CCC4)CCC3)CC1. The summed E-state index contributed by atoms with van der Waals surface area (Å²) in [6.07, 6.45) is 7.76. The van der Waals surface area contributed by atoms with Crippen LogP contribution in [0.4, 0.5) is 0 Å². The number of nitrogens with zero attached hydrogens (tertiary/aromatic N) is 4. The van der Waals surface area contributed by atoms with Gasteiger partial charge in [0.1, 0.15) is 0 Å². The molecule has 34 heavy (non-hydrogen) atoms. The molecule has 2 fully saturated rings. The fraction of sp³-hybridized carbons (Fsp3) is 0.769. The molecule has 8 heteroatoms. The zero-order chi connectivity index (χ0) is 21.9. The third kappa shape index (κ3) is 5.95. The number of piperazine rings is 2. The molecule has 4 aliphatic rings. The van der Waals surface area contributed by atoms with Gasteiger partial charge in [0.25, 0.3) is 0 Å². The standard InChI is InChI=1S/C26H42N4O2.ClH.H2O/c31-17-15-27-7-11-29(12-8-27)19-25-21-3-1-4-22(21)26(24-6-2-5-23(24)25)20-30-13-9-28(10-14-30)16-18-32;;/h31-32H,1-20H2;1H;1H2. The Balaban J connectivity index is 0.00000162. The highest BCUT2D eigenvalue weighted by Gasteiger charge is 2.31. The van der Waals surface area contributed by atoms with E-state index in [0.717, 1.165) is 78.5 Å². The van der Waals surface area contributed by atoms with Crippen LogP contribution in [-0.4, -0.2) is 114 Å². The lowest BCUT2D eigenvalue weighted by Gasteiger charge is -2.36. The van der Waals surface area contributed by atoms with E-state index in [1.54, 1.807) is 33.4 Å². The number of rotatable bonds is 8. The number of halogens is 1. The summed E-state index contributed by atoms with van der Waals surface area (Å²) in [4.78, 5) is 10.1. The van der Waals surface area contributed by atoms with Gasteiger partial charge in [-0.1, -0.05) is 0 Å². The van der Waals surface area contributed by atoms with Crippen LogP contribution in [0.25, 0.3) is 0 Å². The molecule has 1 aromatic rings. The van der Waals surface area contributed by atoms with Crippen molar-refractivity contribution in [2.45, 2.75) is 51.6 Å². The van der Waals surface area contributed by atoms with Crippen molar-refractivity contribution in [3.63, 3.8) is 0 Å². The van der Waals surface area contributed by atoms with Crippen LogP contribution in [0.3, 0.4) is 0 Å². The summed E-state index contributed by atoms with van der Waals surface area (Å²) < 4.78 is 0. The van der Waals surface area contributed by atoms with E-state index in [1.165, 1.54) is 38.5 Å². The molecule has 4 N–H and O–H groups in total. The number of benzene rings is 1. The molecule has 0 atom stereocenters. The Morgan fingerprint density at radius 2 is 0.794 bits per heavy atom. The van der Waals surface area contributed by atoms with Crippen molar-refractivity contribution in [2.24, 2.45) is 0 Å². The second-order valence-electron chi connectivity index (χ2n) is 10.3. The van der Waals surface area contributed by atoms with Crippen molar-refractivity contribution >= 4 is 12.4 Å². The lowest BCUT2D eigenvalue weighted by molar-refractivity contribution is 0.107. The molecule has 0 radical (unpaired) electrons. The van der Waals surface area contributed by atoms with Gasteiger partial charge in [0.05, 0.1) is 13.2 Å². The van der Waals surface area contributed by atoms with Crippen LogP contribution in [0.5, 0.6) is 0 Å². The molecule has 0 amide bonds. The maximum absolute atomic E-state index is 9.24. The van der Waals surface area contributed by atoms with Crippen LogP contribution in [-0.2, 0) is 38.8 Å². The molecule has 2 aliphatic heterocycles. The average molecular weight is 497 g/mol. The number of β-amino-alcohol motifs (C(OH)–C–C–N with tert-alkyl or cyclic N) is 2. The van der Waals surface area contributed by atoms with Gasteiger partial charge in [-0.05, 0) is 71.9 Å². The summed E-state index contributed by atoms with van der Waals surface area (Å²) in [5.74, 6) is 0. The Hall–Kier alpha value is -0.770. The summed E-state index contributed by atoms with van der Waals surface area (Å²) in [5, 5.41) is 18.5. The molecule has 0 saturated carbocycles.